The van der Waals surface area contributed by atoms with Crippen LogP contribution >= 0.6 is 23.7 Å². The molecule has 112 valence electrons. The first-order valence-electron chi connectivity index (χ1n) is 7.35. The number of carbonyl (C=O) groups is 1. The maximum Gasteiger partial charge on any atom is 0.261 e. The Labute approximate surface area is 130 Å². The van der Waals surface area contributed by atoms with Gasteiger partial charge in [-0.25, -0.2) is 0 Å². The molecule has 1 aromatic rings. The quantitative estimate of drug-likeness (QED) is 0.901. The summed E-state index contributed by atoms with van der Waals surface area (Å²) >= 11 is 1.70. The van der Waals surface area contributed by atoms with Crippen molar-refractivity contribution in [3.63, 3.8) is 0 Å². The molecule has 3 nitrogen and oxygen atoms in total. The molecule has 0 spiro atoms. The first-order chi connectivity index (χ1) is 9.22. The fraction of sp³-hybridized carbons (Fsp3) is 0.667. The molecule has 2 atom stereocenters. The molecule has 20 heavy (non-hydrogen) atoms. The molecule has 2 heterocycles. The Balaban J connectivity index is 0.00000147. The Bertz CT molecular complexity index is 468. The summed E-state index contributed by atoms with van der Waals surface area (Å²) in [5.74, 6) is 0.876. The van der Waals surface area contributed by atoms with E-state index in [-0.39, 0.29) is 18.3 Å². The van der Waals surface area contributed by atoms with E-state index in [9.17, 15) is 4.79 Å². The Kier molecular flexibility index (Phi) is 5.47. The first-order valence-corrected chi connectivity index (χ1v) is 8.17. The lowest BCUT2D eigenvalue weighted by molar-refractivity contribution is 0.0954. The van der Waals surface area contributed by atoms with Crippen molar-refractivity contribution in [1.29, 1.82) is 0 Å². The second-order valence-corrected chi connectivity index (χ2v) is 7.05. The number of aryl methyl sites for hydroxylation is 1. The van der Waals surface area contributed by atoms with Crippen LogP contribution in [-0.4, -0.2) is 25.0 Å². The van der Waals surface area contributed by atoms with Gasteiger partial charge in [0.2, 0.25) is 0 Å². The maximum absolute atomic E-state index is 12.2. The lowest BCUT2D eigenvalue weighted by atomic mass is 9.90. The first kappa shape index (κ1) is 15.8. The van der Waals surface area contributed by atoms with Crippen molar-refractivity contribution < 1.29 is 4.79 Å². The van der Waals surface area contributed by atoms with E-state index in [1.54, 1.807) is 11.3 Å². The van der Waals surface area contributed by atoms with E-state index < -0.39 is 0 Å². The summed E-state index contributed by atoms with van der Waals surface area (Å²) in [6.07, 6.45) is 5.97. The molecule has 2 N–H and O–H groups in total. The number of carbonyl (C=O) groups excluding carboxylic acids is 1. The van der Waals surface area contributed by atoms with Gasteiger partial charge in [0.05, 0.1) is 4.88 Å². The Morgan fingerprint density at radius 3 is 3.10 bits per heavy atom. The minimum absolute atomic E-state index is 0. The molecular formula is C15H23ClN2OS. The highest BCUT2D eigenvalue weighted by Crippen LogP contribution is 2.32. The molecule has 0 aromatic carbocycles. The highest BCUT2D eigenvalue weighted by atomic mass is 35.5. The predicted octanol–water partition coefficient (Wildman–Crippen LogP) is 2.78. The topological polar surface area (TPSA) is 41.1 Å². The molecule has 2 unspecified atom stereocenters. The molecular weight excluding hydrogens is 292 g/mol. The number of hydrogen-bond acceptors (Lipinski definition) is 3. The fourth-order valence-corrected chi connectivity index (χ4v) is 4.18. The van der Waals surface area contributed by atoms with Gasteiger partial charge < -0.3 is 10.6 Å². The molecule has 1 aliphatic heterocycles. The van der Waals surface area contributed by atoms with Gasteiger partial charge in [-0.1, -0.05) is 6.92 Å². The molecule has 3 rings (SSSR count). The lowest BCUT2D eigenvalue weighted by Gasteiger charge is -2.16. The molecule has 0 bridgehead atoms. The Hall–Kier alpha value is -0.580. The molecule has 1 aliphatic carbocycles. The molecule has 0 saturated carbocycles. The summed E-state index contributed by atoms with van der Waals surface area (Å²) in [5, 5.41) is 6.48. The number of fused-ring (bicyclic) bond motifs is 1. The standard InChI is InChI=1S/C15H22N2OS.ClH/c1-10-4-5-13-11(7-10)8-14(19-13)15(18)17-9-12-3-2-6-16-12;/h8,10,12,16H,2-7,9H2,1H3,(H,17,18);1H. The van der Waals surface area contributed by atoms with Crippen LogP contribution in [0.25, 0.3) is 0 Å². The zero-order valence-corrected chi connectivity index (χ0v) is 13.5. The van der Waals surface area contributed by atoms with Gasteiger partial charge in [0.15, 0.2) is 0 Å². The summed E-state index contributed by atoms with van der Waals surface area (Å²) in [7, 11) is 0. The third-order valence-electron chi connectivity index (χ3n) is 4.22. The van der Waals surface area contributed by atoms with Crippen molar-refractivity contribution in [2.45, 2.75) is 45.1 Å². The molecule has 1 fully saturated rings. The minimum atomic E-state index is 0. The molecule has 0 radical (unpaired) electrons. The molecule has 1 amide bonds. The van der Waals surface area contributed by atoms with Gasteiger partial charge in [-0.2, -0.15) is 0 Å². The average Bonchev–Trinajstić information content (AvgIpc) is 3.04. The average molecular weight is 315 g/mol. The fourth-order valence-electron chi connectivity index (χ4n) is 3.05. The van der Waals surface area contributed by atoms with E-state index in [0.29, 0.717) is 6.04 Å². The SMILES string of the molecule is CC1CCc2sc(C(=O)NCC3CCCN3)cc2C1.Cl. The summed E-state index contributed by atoms with van der Waals surface area (Å²) < 4.78 is 0. The van der Waals surface area contributed by atoms with Crippen LogP contribution in [-0.2, 0) is 12.8 Å². The van der Waals surface area contributed by atoms with Crippen molar-refractivity contribution in [2.24, 2.45) is 5.92 Å². The minimum Gasteiger partial charge on any atom is -0.350 e. The number of hydrogen-bond donors (Lipinski definition) is 2. The third kappa shape index (κ3) is 3.54. The van der Waals surface area contributed by atoms with Crippen LogP contribution in [0.15, 0.2) is 6.07 Å². The monoisotopic (exact) mass is 314 g/mol. The van der Waals surface area contributed by atoms with Crippen LogP contribution in [0.3, 0.4) is 0 Å². The number of halogens is 1. The summed E-state index contributed by atoms with van der Waals surface area (Å²) in [6.45, 7) is 4.15. The lowest BCUT2D eigenvalue weighted by Crippen LogP contribution is -2.36. The molecule has 1 aromatic heterocycles. The van der Waals surface area contributed by atoms with E-state index in [2.05, 4.69) is 23.6 Å². The number of thiophene rings is 1. The van der Waals surface area contributed by atoms with Gasteiger partial charge in [-0.3, -0.25) is 4.79 Å². The van der Waals surface area contributed by atoms with Gasteiger partial charge in [-0.05, 0) is 56.2 Å². The number of rotatable bonds is 3. The van der Waals surface area contributed by atoms with Crippen molar-refractivity contribution in [1.82, 2.24) is 10.6 Å². The molecule has 5 heteroatoms. The van der Waals surface area contributed by atoms with Crippen molar-refractivity contribution in [3.05, 3.63) is 21.4 Å². The van der Waals surface area contributed by atoms with Crippen LogP contribution in [0.2, 0.25) is 0 Å². The normalized spacial score (nSPS) is 24.9. The van der Waals surface area contributed by atoms with E-state index in [1.807, 2.05) is 0 Å². The second-order valence-electron chi connectivity index (χ2n) is 5.91. The molecule has 2 aliphatic rings. The Morgan fingerprint density at radius 1 is 1.50 bits per heavy atom. The number of nitrogens with one attached hydrogen (secondary N) is 2. The van der Waals surface area contributed by atoms with Crippen molar-refractivity contribution in [2.75, 3.05) is 13.1 Å². The van der Waals surface area contributed by atoms with Gasteiger partial charge in [0.1, 0.15) is 0 Å². The predicted molar refractivity (Wildman–Crippen MR) is 86.1 cm³/mol. The van der Waals surface area contributed by atoms with Crippen LogP contribution in [0.5, 0.6) is 0 Å². The van der Waals surface area contributed by atoms with Gasteiger partial charge in [0, 0.05) is 17.5 Å². The zero-order valence-electron chi connectivity index (χ0n) is 11.9. The van der Waals surface area contributed by atoms with E-state index in [0.717, 1.165) is 36.7 Å². The van der Waals surface area contributed by atoms with Crippen molar-refractivity contribution in [3.8, 4) is 0 Å². The smallest absolute Gasteiger partial charge is 0.261 e. The maximum atomic E-state index is 12.2. The van der Waals surface area contributed by atoms with Crippen LogP contribution in [0.1, 0.15) is 46.3 Å². The van der Waals surface area contributed by atoms with Crippen molar-refractivity contribution >= 4 is 29.7 Å². The number of amides is 1. The summed E-state index contributed by atoms with van der Waals surface area (Å²) in [6, 6.07) is 2.59. The van der Waals surface area contributed by atoms with Gasteiger partial charge in [0.25, 0.3) is 5.91 Å². The largest absolute Gasteiger partial charge is 0.350 e. The third-order valence-corrected chi connectivity index (χ3v) is 5.46. The second kappa shape index (κ2) is 6.92. The van der Waals surface area contributed by atoms with Gasteiger partial charge >= 0.3 is 0 Å². The van der Waals surface area contributed by atoms with Crippen LogP contribution < -0.4 is 10.6 Å². The summed E-state index contributed by atoms with van der Waals surface area (Å²) in [5.41, 5.74) is 1.41. The highest BCUT2D eigenvalue weighted by Gasteiger charge is 2.21. The van der Waals surface area contributed by atoms with Crippen LogP contribution in [0.4, 0.5) is 0 Å². The summed E-state index contributed by atoms with van der Waals surface area (Å²) in [4.78, 5) is 14.5. The van der Waals surface area contributed by atoms with E-state index in [1.165, 1.54) is 29.7 Å². The van der Waals surface area contributed by atoms with E-state index >= 15 is 0 Å². The molecule has 1 saturated heterocycles. The van der Waals surface area contributed by atoms with E-state index in [4.69, 9.17) is 0 Å². The zero-order chi connectivity index (χ0) is 13.2. The highest BCUT2D eigenvalue weighted by molar-refractivity contribution is 7.14. The van der Waals surface area contributed by atoms with Gasteiger partial charge in [-0.15, -0.1) is 23.7 Å². The van der Waals surface area contributed by atoms with Crippen LogP contribution in [0, 0.1) is 5.92 Å². The Morgan fingerprint density at radius 2 is 2.35 bits per heavy atom.